The van der Waals surface area contributed by atoms with E-state index >= 15 is 0 Å². The summed E-state index contributed by atoms with van der Waals surface area (Å²) in [6.07, 6.45) is 0. The lowest BCUT2D eigenvalue weighted by molar-refractivity contribution is -0.385. The van der Waals surface area contributed by atoms with Gasteiger partial charge in [0.2, 0.25) is 10.0 Å². The number of anilines is 1. The number of nitrogens with zero attached hydrogens (tertiary/aromatic N) is 1. The molecule has 112 valence electrons. The fourth-order valence-electron chi connectivity index (χ4n) is 1.71. The molecule has 1 aromatic carbocycles. The van der Waals surface area contributed by atoms with Gasteiger partial charge >= 0.3 is 0 Å². The number of hydrogen-bond acceptors (Lipinski definition) is 6. The molecule has 1 heterocycles. The van der Waals surface area contributed by atoms with Crippen molar-refractivity contribution in [3.8, 4) is 0 Å². The standard InChI is InChI=1S/C12H13N3O4S2/c1-13-11-5-4-9(15(16)17)7-12(11)21(18,19)14-8-10-3-2-6-20-10/h2-7,13-14H,8H2,1H3. The van der Waals surface area contributed by atoms with Crippen LogP contribution in [0, 0.1) is 10.1 Å². The summed E-state index contributed by atoms with van der Waals surface area (Å²) in [5, 5.41) is 15.4. The van der Waals surface area contributed by atoms with Gasteiger partial charge in [-0.2, -0.15) is 0 Å². The topological polar surface area (TPSA) is 101 Å². The quantitative estimate of drug-likeness (QED) is 0.625. The summed E-state index contributed by atoms with van der Waals surface area (Å²) in [6.45, 7) is 0.145. The fourth-order valence-corrected chi connectivity index (χ4v) is 3.68. The summed E-state index contributed by atoms with van der Waals surface area (Å²) in [5.74, 6) is 0. The van der Waals surface area contributed by atoms with E-state index in [1.54, 1.807) is 13.1 Å². The first-order valence-corrected chi connectivity index (χ1v) is 8.28. The molecule has 9 heteroatoms. The van der Waals surface area contributed by atoms with E-state index in [1.165, 1.54) is 23.5 Å². The molecule has 0 amide bonds. The Balaban J connectivity index is 2.33. The van der Waals surface area contributed by atoms with Crippen molar-refractivity contribution >= 4 is 32.7 Å². The van der Waals surface area contributed by atoms with Crippen LogP contribution < -0.4 is 10.0 Å². The number of sulfonamides is 1. The summed E-state index contributed by atoms with van der Waals surface area (Å²) in [6, 6.07) is 7.30. The van der Waals surface area contributed by atoms with Crippen molar-refractivity contribution in [2.75, 3.05) is 12.4 Å². The number of non-ortho nitro benzene ring substituents is 1. The fraction of sp³-hybridized carbons (Fsp3) is 0.167. The van der Waals surface area contributed by atoms with E-state index in [4.69, 9.17) is 0 Å². The zero-order valence-electron chi connectivity index (χ0n) is 11.1. The van der Waals surface area contributed by atoms with Crippen molar-refractivity contribution < 1.29 is 13.3 Å². The number of nitro benzene ring substituents is 1. The van der Waals surface area contributed by atoms with Crippen LogP contribution in [0.3, 0.4) is 0 Å². The molecule has 0 aliphatic rings. The summed E-state index contributed by atoms with van der Waals surface area (Å²) >= 11 is 1.43. The molecule has 2 aromatic rings. The molecule has 0 fully saturated rings. The molecular weight excluding hydrogens is 314 g/mol. The first kappa shape index (κ1) is 15.4. The van der Waals surface area contributed by atoms with Crippen LogP contribution in [0.5, 0.6) is 0 Å². The van der Waals surface area contributed by atoms with Gasteiger partial charge in [0.15, 0.2) is 0 Å². The van der Waals surface area contributed by atoms with Gasteiger partial charge in [-0.3, -0.25) is 10.1 Å². The van der Waals surface area contributed by atoms with Crippen molar-refractivity contribution in [2.24, 2.45) is 0 Å². The van der Waals surface area contributed by atoms with Crippen molar-refractivity contribution in [2.45, 2.75) is 11.4 Å². The lowest BCUT2D eigenvalue weighted by Gasteiger charge is -2.10. The Labute approximate surface area is 125 Å². The summed E-state index contributed by atoms with van der Waals surface area (Å²) < 4.78 is 27.1. The van der Waals surface area contributed by atoms with Crippen LogP contribution in [0.2, 0.25) is 0 Å². The minimum Gasteiger partial charge on any atom is -0.387 e. The largest absolute Gasteiger partial charge is 0.387 e. The van der Waals surface area contributed by atoms with E-state index in [1.807, 2.05) is 11.4 Å². The molecule has 0 spiro atoms. The van der Waals surface area contributed by atoms with Gasteiger partial charge in [-0.05, 0) is 17.5 Å². The van der Waals surface area contributed by atoms with E-state index in [2.05, 4.69) is 10.0 Å². The molecule has 21 heavy (non-hydrogen) atoms. The molecule has 0 unspecified atom stereocenters. The second kappa shape index (κ2) is 6.20. The van der Waals surface area contributed by atoms with Gasteiger partial charge in [0.25, 0.3) is 5.69 Å². The Morgan fingerprint density at radius 3 is 2.67 bits per heavy atom. The predicted octanol–water partition coefficient (Wildman–Crippen LogP) is 2.18. The highest BCUT2D eigenvalue weighted by Gasteiger charge is 2.21. The Bertz CT molecular complexity index is 742. The number of thiophene rings is 1. The van der Waals surface area contributed by atoms with Crippen LogP contribution in [-0.4, -0.2) is 20.4 Å². The second-order valence-electron chi connectivity index (χ2n) is 4.09. The summed E-state index contributed by atoms with van der Waals surface area (Å²) in [4.78, 5) is 10.9. The van der Waals surface area contributed by atoms with Gasteiger partial charge < -0.3 is 5.32 Å². The number of rotatable bonds is 6. The van der Waals surface area contributed by atoms with Crippen LogP contribution in [0.1, 0.15) is 4.88 Å². The second-order valence-corrected chi connectivity index (χ2v) is 6.86. The first-order chi connectivity index (χ1) is 9.94. The van der Waals surface area contributed by atoms with Gasteiger partial charge in [0.05, 0.1) is 10.6 Å². The average molecular weight is 327 g/mol. The van der Waals surface area contributed by atoms with Crippen LogP contribution in [0.4, 0.5) is 11.4 Å². The first-order valence-electron chi connectivity index (χ1n) is 5.92. The minimum atomic E-state index is -3.85. The van der Waals surface area contributed by atoms with Gasteiger partial charge in [-0.25, -0.2) is 13.1 Å². The van der Waals surface area contributed by atoms with Crippen molar-refractivity contribution in [1.82, 2.24) is 4.72 Å². The molecular formula is C12H13N3O4S2. The van der Waals surface area contributed by atoms with Crippen LogP contribution in [0.15, 0.2) is 40.6 Å². The highest BCUT2D eigenvalue weighted by Crippen LogP contribution is 2.26. The van der Waals surface area contributed by atoms with E-state index in [9.17, 15) is 18.5 Å². The van der Waals surface area contributed by atoms with Crippen LogP contribution in [-0.2, 0) is 16.6 Å². The van der Waals surface area contributed by atoms with Gasteiger partial charge in [-0.1, -0.05) is 6.07 Å². The number of benzene rings is 1. The highest BCUT2D eigenvalue weighted by molar-refractivity contribution is 7.89. The third kappa shape index (κ3) is 3.57. The normalized spacial score (nSPS) is 11.3. The molecule has 1 aromatic heterocycles. The molecule has 7 nitrogen and oxygen atoms in total. The molecule has 0 saturated heterocycles. The minimum absolute atomic E-state index is 0.143. The zero-order chi connectivity index (χ0) is 15.5. The Morgan fingerprint density at radius 1 is 1.33 bits per heavy atom. The number of nitro groups is 1. The van der Waals surface area contributed by atoms with E-state index in [0.717, 1.165) is 10.9 Å². The van der Waals surface area contributed by atoms with E-state index < -0.39 is 14.9 Å². The van der Waals surface area contributed by atoms with Crippen molar-refractivity contribution in [3.05, 3.63) is 50.7 Å². The monoisotopic (exact) mass is 327 g/mol. The lowest BCUT2D eigenvalue weighted by Crippen LogP contribution is -2.23. The number of hydrogen-bond donors (Lipinski definition) is 2. The molecule has 0 aliphatic carbocycles. The van der Waals surface area contributed by atoms with Crippen molar-refractivity contribution in [3.63, 3.8) is 0 Å². The summed E-state index contributed by atoms with van der Waals surface area (Å²) in [7, 11) is -2.29. The smallest absolute Gasteiger partial charge is 0.270 e. The third-order valence-electron chi connectivity index (χ3n) is 2.75. The Kier molecular flexibility index (Phi) is 4.56. The van der Waals surface area contributed by atoms with Crippen LogP contribution in [0.25, 0.3) is 0 Å². The van der Waals surface area contributed by atoms with Gasteiger partial charge in [0.1, 0.15) is 4.90 Å². The van der Waals surface area contributed by atoms with E-state index in [-0.39, 0.29) is 17.1 Å². The predicted molar refractivity (Wildman–Crippen MR) is 81.0 cm³/mol. The maximum atomic E-state index is 12.3. The van der Waals surface area contributed by atoms with Gasteiger partial charge in [-0.15, -0.1) is 11.3 Å². The van der Waals surface area contributed by atoms with E-state index in [0.29, 0.717) is 5.69 Å². The maximum absolute atomic E-state index is 12.3. The van der Waals surface area contributed by atoms with Gasteiger partial charge in [0, 0.05) is 30.6 Å². The summed E-state index contributed by atoms with van der Waals surface area (Å²) in [5.41, 5.74) is 0.0322. The molecule has 0 bridgehead atoms. The SMILES string of the molecule is CNc1ccc([N+](=O)[O-])cc1S(=O)(=O)NCc1cccs1. The zero-order valence-corrected chi connectivity index (χ0v) is 12.7. The molecule has 0 aliphatic heterocycles. The lowest BCUT2D eigenvalue weighted by atomic mass is 10.3. The molecule has 2 N–H and O–H groups in total. The average Bonchev–Trinajstić information content (AvgIpc) is 2.98. The van der Waals surface area contributed by atoms with Crippen LogP contribution >= 0.6 is 11.3 Å². The Morgan fingerprint density at radius 2 is 2.10 bits per heavy atom. The van der Waals surface area contributed by atoms with Crippen molar-refractivity contribution in [1.29, 1.82) is 0 Å². The molecule has 0 radical (unpaired) electrons. The molecule has 2 rings (SSSR count). The number of nitrogens with one attached hydrogen (secondary N) is 2. The maximum Gasteiger partial charge on any atom is 0.270 e. The third-order valence-corrected chi connectivity index (χ3v) is 5.07. The molecule has 0 atom stereocenters. The Hall–Kier alpha value is -1.97. The molecule has 0 saturated carbocycles. The highest BCUT2D eigenvalue weighted by atomic mass is 32.2.